The van der Waals surface area contributed by atoms with Gasteiger partial charge in [-0.15, -0.1) is 11.6 Å². The molecule has 2 aromatic rings. The molecule has 0 amide bonds. The lowest BCUT2D eigenvalue weighted by atomic mass is 10.1. The second-order valence-electron chi connectivity index (χ2n) is 5.94. The molecule has 20 heavy (non-hydrogen) atoms. The first kappa shape index (κ1) is 15.1. The molecule has 0 atom stereocenters. The fourth-order valence-corrected chi connectivity index (χ4v) is 2.63. The molecule has 0 saturated carbocycles. The molecule has 0 unspecified atom stereocenters. The average Bonchev–Trinajstić information content (AvgIpc) is 2.42. The molecule has 0 fully saturated rings. The van der Waals surface area contributed by atoms with Gasteiger partial charge in [-0.3, -0.25) is 0 Å². The third-order valence-corrected chi connectivity index (χ3v) is 3.67. The highest BCUT2D eigenvalue weighted by Gasteiger charge is 2.17. The minimum absolute atomic E-state index is 0.410. The normalized spacial score (nSPS) is 11.6. The summed E-state index contributed by atoms with van der Waals surface area (Å²) in [5.74, 6) is 2.12. The van der Waals surface area contributed by atoms with E-state index in [1.807, 2.05) is 12.1 Å². The van der Waals surface area contributed by atoms with Gasteiger partial charge in [-0.05, 0) is 31.9 Å². The van der Waals surface area contributed by atoms with Gasteiger partial charge in [0.1, 0.15) is 5.82 Å². The number of aromatic nitrogens is 1. The van der Waals surface area contributed by atoms with E-state index in [0.717, 1.165) is 28.8 Å². The topological polar surface area (TPSA) is 16.1 Å². The van der Waals surface area contributed by atoms with E-state index in [9.17, 15) is 0 Å². The number of hydrogen-bond acceptors (Lipinski definition) is 2. The smallest absolute Gasteiger partial charge is 0.133 e. The molecule has 0 aliphatic carbocycles. The summed E-state index contributed by atoms with van der Waals surface area (Å²) in [5, 5.41) is 1.15. The number of hydrogen-bond donors (Lipinski definition) is 0. The van der Waals surface area contributed by atoms with Crippen LogP contribution in [0.5, 0.6) is 0 Å². The van der Waals surface area contributed by atoms with Crippen LogP contribution in [0.2, 0.25) is 0 Å². The zero-order chi connectivity index (χ0) is 14.7. The minimum Gasteiger partial charge on any atom is -0.354 e. The summed E-state index contributed by atoms with van der Waals surface area (Å²) in [6.45, 7) is 9.87. The van der Waals surface area contributed by atoms with E-state index in [0.29, 0.717) is 17.8 Å². The first-order chi connectivity index (χ1) is 9.52. The van der Waals surface area contributed by atoms with Gasteiger partial charge in [-0.2, -0.15) is 0 Å². The molecular formula is C17H23ClN2. The van der Waals surface area contributed by atoms with Gasteiger partial charge in [0.05, 0.1) is 11.4 Å². The van der Waals surface area contributed by atoms with Gasteiger partial charge in [-0.25, -0.2) is 4.98 Å². The first-order valence-corrected chi connectivity index (χ1v) is 7.77. The Kier molecular flexibility index (Phi) is 4.87. The molecule has 2 nitrogen and oxygen atoms in total. The highest BCUT2D eigenvalue weighted by atomic mass is 35.5. The second kappa shape index (κ2) is 6.45. The van der Waals surface area contributed by atoms with Crippen molar-refractivity contribution in [2.75, 3.05) is 11.4 Å². The van der Waals surface area contributed by atoms with Gasteiger partial charge < -0.3 is 4.90 Å². The van der Waals surface area contributed by atoms with E-state index in [1.165, 1.54) is 0 Å². The molecule has 1 heterocycles. The quantitative estimate of drug-likeness (QED) is 0.732. The fourth-order valence-electron chi connectivity index (χ4n) is 2.43. The average molecular weight is 291 g/mol. The Morgan fingerprint density at radius 1 is 1.15 bits per heavy atom. The van der Waals surface area contributed by atoms with E-state index in [-0.39, 0.29) is 0 Å². The van der Waals surface area contributed by atoms with Crippen LogP contribution in [0.4, 0.5) is 5.82 Å². The van der Waals surface area contributed by atoms with Crippen molar-refractivity contribution in [2.24, 2.45) is 5.92 Å². The number of anilines is 1. The molecule has 0 bridgehead atoms. The maximum Gasteiger partial charge on any atom is 0.133 e. The van der Waals surface area contributed by atoms with Crippen molar-refractivity contribution in [3.05, 3.63) is 35.9 Å². The molecule has 0 saturated heterocycles. The van der Waals surface area contributed by atoms with Crippen molar-refractivity contribution >= 4 is 28.3 Å². The number of para-hydroxylation sites is 1. The Morgan fingerprint density at radius 3 is 2.45 bits per heavy atom. The van der Waals surface area contributed by atoms with Crippen LogP contribution < -0.4 is 4.90 Å². The van der Waals surface area contributed by atoms with E-state index < -0.39 is 0 Å². The summed E-state index contributed by atoms with van der Waals surface area (Å²) in [6, 6.07) is 10.8. The lowest BCUT2D eigenvalue weighted by molar-refractivity contribution is 0.565. The van der Waals surface area contributed by atoms with Gasteiger partial charge >= 0.3 is 0 Å². The van der Waals surface area contributed by atoms with Gasteiger partial charge in [0.25, 0.3) is 0 Å². The number of benzene rings is 1. The van der Waals surface area contributed by atoms with E-state index in [1.54, 1.807) is 0 Å². The van der Waals surface area contributed by atoms with Gasteiger partial charge in [-0.1, -0.05) is 32.0 Å². The summed E-state index contributed by atoms with van der Waals surface area (Å²) >= 11 is 6.15. The van der Waals surface area contributed by atoms with E-state index in [2.05, 4.69) is 50.8 Å². The first-order valence-electron chi connectivity index (χ1n) is 7.24. The number of rotatable bonds is 5. The molecule has 1 aromatic carbocycles. The zero-order valence-corrected chi connectivity index (χ0v) is 13.5. The maximum atomic E-state index is 6.15. The lowest BCUT2D eigenvalue weighted by Crippen LogP contribution is -2.35. The fraction of sp³-hybridized carbons (Fsp3) is 0.471. The van der Waals surface area contributed by atoms with E-state index in [4.69, 9.17) is 16.6 Å². The number of nitrogens with zero attached hydrogens (tertiary/aromatic N) is 2. The third-order valence-electron chi connectivity index (χ3n) is 3.38. The predicted molar refractivity (Wildman–Crippen MR) is 88.6 cm³/mol. The molecule has 2 rings (SSSR count). The van der Waals surface area contributed by atoms with Crippen molar-refractivity contribution in [3.8, 4) is 0 Å². The molecule has 0 radical (unpaired) electrons. The molecule has 0 aliphatic heterocycles. The van der Waals surface area contributed by atoms with Crippen molar-refractivity contribution in [1.29, 1.82) is 0 Å². The molecular weight excluding hydrogens is 268 g/mol. The van der Waals surface area contributed by atoms with E-state index >= 15 is 0 Å². The molecule has 108 valence electrons. The summed E-state index contributed by atoms with van der Waals surface area (Å²) in [4.78, 5) is 7.22. The SMILES string of the molecule is CC(C)CN(c1nc2ccccc2cc1CCl)C(C)C. The predicted octanol–water partition coefficient (Wildman–Crippen LogP) is 4.84. The van der Waals surface area contributed by atoms with Crippen molar-refractivity contribution < 1.29 is 0 Å². The largest absolute Gasteiger partial charge is 0.354 e. The molecule has 0 aliphatic rings. The summed E-state index contributed by atoms with van der Waals surface area (Å²) in [6.07, 6.45) is 0. The van der Waals surface area contributed by atoms with Gasteiger partial charge in [0, 0.05) is 23.5 Å². The summed E-state index contributed by atoms with van der Waals surface area (Å²) < 4.78 is 0. The van der Waals surface area contributed by atoms with Gasteiger partial charge in [0.2, 0.25) is 0 Å². The van der Waals surface area contributed by atoms with Crippen LogP contribution in [0.3, 0.4) is 0 Å². The highest BCUT2D eigenvalue weighted by Crippen LogP contribution is 2.27. The van der Waals surface area contributed by atoms with Crippen LogP contribution in [-0.2, 0) is 5.88 Å². The standard InChI is InChI=1S/C17H23ClN2/c1-12(2)11-20(13(3)4)17-15(10-18)9-14-7-5-6-8-16(14)19-17/h5-9,12-13H,10-11H2,1-4H3. The maximum absolute atomic E-state index is 6.15. The third kappa shape index (κ3) is 3.24. The monoisotopic (exact) mass is 290 g/mol. The Balaban J connectivity index is 2.54. The number of fused-ring (bicyclic) bond motifs is 1. The van der Waals surface area contributed by atoms with Crippen LogP contribution in [0.1, 0.15) is 33.3 Å². The minimum atomic E-state index is 0.410. The highest BCUT2D eigenvalue weighted by molar-refractivity contribution is 6.17. The van der Waals surface area contributed by atoms with Crippen LogP contribution in [0.15, 0.2) is 30.3 Å². The van der Waals surface area contributed by atoms with Crippen LogP contribution in [0.25, 0.3) is 10.9 Å². The lowest BCUT2D eigenvalue weighted by Gasteiger charge is -2.31. The second-order valence-corrected chi connectivity index (χ2v) is 6.20. The molecule has 3 heteroatoms. The van der Waals surface area contributed by atoms with Crippen molar-refractivity contribution in [3.63, 3.8) is 0 Å². The Morgan fingerprint density at radius 2 is 1.85 bits per heavy atom. The van der Waals surface area contributed by atoms with Gasteiger partial charge in [0.15, 0.2) is 0 Å². The number of pyridine rings is 1. The summed E-state index contributed by atoms with van der Waals surface area (Å²) in [7, 11) is 0. The molecule has 1 aromatic heterocycles. The Labute approximate surface area is 126 Å². The number of alkyl halides is 1. The summed E-state index contributed by atoms with van der Waals surface area (Å²) in [5.41, 5.74) is 2.14. The van der Waals surface area contributed by atoms with Crippen molar-refractivity contribution in [2.45, 2.75) is 39.6 Å². The van der Waals surface area contributed by atoms with Crippen LogP contribution in [-0.4, -0.2) is 17.6 Å². The number of halogens is 1. The Hall–Kier alpha value is -1.28. The zero-order valence-electron chi connectivity index (χ0n) is 12.7. The molecule has 0 spiro atoms. The van der Waals surface area contributed by atoms with Crippen LogP contribution >= 0.6 is 11.6 Å². The molecule has 0 N–H and O–H groups in total. The van der Waals surface area contributed by atoms with Crippen LogP contribution in [0, 0.1) is 5.92 Å². The Bertz CT molecular complexity index is 578. The van der Waals surface area contributed by atoms with Crippen molar-refractivity contribution in [1.82, 2.24) is 4.98 Å².